The summed E-state index contributed by atoms with van der Waals surface area (Å²) in [6.07, 6.45) is 0. The molecule has 120 valence electrons. The van der Waals surface area contributed by atoms with Gasteiger partial charge in [-0.3, -0.25) is 4.79 Å². The highest BCUT2D eigenvalue weighted by Gasteiger charge is 2.11. The topological polar surface area (TPSA) is 70.8 Å². The molecule has 2 N–H and O–H groups in total. The normalized spacial score (nSPS) is 11.3. The first-order valence-corrected chi connectivity index (χ1v) is 7.74. The highest BCUT2D eigenvalue weighted by atomic mass is 16.5. The van der Waals surface area contributed by atoms with Crippen molar-refractivity contribution < 1.29 is 4.74 Å². The number of aromatic nitrogens is 3. The van der Waals surface area contributed by atoms with Crippen molar-refractivity contribution in [2.24, 2.45) is 0 Å². The molecule has 2 heterocycles. The van der Waals surface area contributed by atoms with Crippen molar-refractivity contribution >= 4 is 21.8 Å². The van der Waals surface area contributed by atoms with Gasteiger partial charge in [0.15, 0.2) is 0 Å². The molecule has 5 nitrogen and oxygen atoms in total. The summed E-state index contributed by atoms with van der Waals surface area (Å²) in [4.78, 5) is 23.1. The lowest BCUT2D eigenvalue weighted by Gasteiger charge is -2.05. The number of imidazole rings is 1. The van der Waals surface area contributed by atoms with Crippen LogP contribution in [0.2, 0.25) is 0 Å². The number of hydrogen-bond donors (Lipinski definition) is 2. The zero-order valence-electron chi connectivity index (χ0n) is 13.7. The van der Waals surface area contributed by atoms with Gasteiger partial charge in [-0.1, -0.05) is 0 Å². The Bertz CT molecular complexity index is 1120. The minimum absolute atomic E-state index is 0.0796. The molecular weight excluding hydrogens is 302 g/mol. The van der Waals surface area contributed by atoms with Gasteiger partial charge in [0.05, 0.1) is 18.1 Å². The standard InChI is InChI=1S/C19H17N3O2/c1-10-11(2)20-19(23)15-9-17-16(8-14(10)15)21-18(22-17)12-4-6-13(24-3)7-5-12/h4-9H,1-3H3,(H,20,23)(H,21,22). The molecule has 4 rings (SSSR count). The summed E-state index contributed by atoms with van der Waals surface area (Å²) in [5.74, 6) is 1.58. The van der Waals surface area contributed by atoms with Gasteiger partial charge in [0.1, 0.15) is 11.6 Å². The number of pyridine rings is 1. The van der Waals surface area contributed by atoms with Gasteiger partial charge in [0.2, 0.25) is 0 Å². The van der Waals surface area contributed by atoms with E-state index in [-0.39, 0.29) is 5.56 Å². The third-order valence-electron chi connectivity index (χ3n) is 4.50. The van der Waals surface area contributed by atoms with E-state index in [4.69, 9.17) is 4.74 Å². The number of nitrogens with one attached hydrogen (secondary N) is 2. The molecule has 4 aromatic rings. The molecule has 24 heavy (non-hydrogen) atoms. The second-order valence-corrected chi connectivity index (χ2v) is 5.93. The average Bonchev–Trinajstić information content (AvgIpc) is 3.01. The quantitative estimate of drug-likeness (QED) is 0.592. The number of methoxy groups -OCH3 is 1. The molecule has 0 saturated carbocycles. The third-order valence-corrected chi connectivity index (χ3v) is 4.50. The molecule has 0 amide bonds. The molecule has 0 unspecified atom stereocenters. The van der Waals surface area contributed by atoms with Crippen molar-refractivity contribution in [1.29, 1.82) is 0 Å². The molecule has 0 aliphatic carbocycles. The van der Waals surface area contributed by atoms with Crippen LogP contribution in [-0.2, 0) is 0 Å². The Morgan fingerprint density at radius 3 is 2.46 bits per heavy atom. The molecule has 0 spiro atoms. The van der Waals surface area contributed by atoms with Crippen LogP contribution in [-0.4, -0.2) is 22.1 Å². The highest BCUT2D eigenvalue weighted by molar-refractivity contribution is 5.97. The number of hydrogen-bond acceptors (Lipinski definition) is 3. The summed E-state index contributed by atoms with van der Waals surface area (Å²) in [6.45, 7) is 3.93. The van der Waals surface area contributed by atoms with Gasteiger partial charge in [0.25, 0.3) is 5.56 Å². The van der Waals surface area contributed by atoms with Gasteiger partial charge in [-0.05, 0) is 61.2 Å². The maximum absolute atomic E-state index is 12.2. The molecule has 0 radical (unpaired) electrons. The van der Waals surface area contributed by atoms with Crippen LogP contribution in [0.5, 0.6) is 5.75 Å². The first-order chi connectivity index (χ1) is 11.6. The number of aryl methyl sites for hydroxylation is 2. The summed E-state index contributed by atoms with van der Waals surface area (Å²) in [7, 11) is 1.64. The van der Waals surface area contributed by atoms with Crippen molar-refractivity contribution in [1.82, 2.24) is 15.0 Å². The number of aromatic amines is 2. The molecule has 2 aromatic heterocycles. The Kier molecular flexibility index (Phi) is 3.16. The van der Waals surface area contributed by atoms with E-state index < -0.39 is 0 Å². The van der Waals surface area contributed by atoms with E-state index in [1.807, 2.05) is 50.2 Å². The second kappa shape index (κ2) is 5.23. The lowest BCUT2D eigenvalue weighted by Crippen LogP contribution is -2.09. The molecule has 0 atom stereocenters. The Labute approximate surface area is 138 Å². The fourth-order valence-electron chi connectivity index (χ4n) is 2.97. The van der Waals surface area contributed by atoms with Crippen LogP contribution in [0.15, 0.2) is 41.2 Å². The van der Waals surface area contributed by atoms with E-state index in [9.17, 15) is 4.79 Å². The molecular formula is C19H17N3O2. The molecule has 0 aliphatic heterocycles. The number of fused-ring (bicyclic) bond motifs is 2. The van der Waals surface area contributed by atoms with Gasteiger partial charge >= 0.3 is 0 Å². The maximum atomic E-state index is 12.2. The first-order valence-electron chi connectivity index (χ1n) is 7.74. The fraction of sp³-hybridized carbons (Fsp3) is 0.158. The lowest BCUT2D eigenvalue weighted by molar-refractivity contribution is 0.415. The summed E-state index contributed by atoms with van der Waals surface area (Å²) >= 11 is 0. The molecule has 5 heteroatoms. The molecule has 2 aromatic carbocycles. The summed E-state index contributed by atoms with van der Waals surface area (Å²) < 4.78 is 5.18. The van der Waals surface area contributed by atoms with Gasteiger partial charge < -0.3 is 14.7 Å². The Morgan fingerprint density at radius 2 is 1.75 bits per heavy atom. The van der Waals surface area contributed by atoms with Crippen LogP contribution in [0.4, 0.5) is 0 Å². The fourth-order valence-corrected chi connectivity index (χ4v) is 2.97. The zero-order chi connectivity index (χ0) is 16.8. The van der Waals surface area contributed by atoms with Crippen molar-refractivity contribution in [3.8, 4) is 17.1 Å². The van der Waals surface area contributed by atoms with Crippen LogP contribution in [0.25, 0.3) is 33.2 Å². The van der Waals surface area contributed by atoms with Crippen molar-refractivity contribution in [3.05, 3.63) is 58.0 Å². The monoisotopic (exact) mass is 319 g/mol. The predicted octanol–water partition coefficient (Wildman–Crippen LogP) is 3.70. The number of H-pyrrole nitrogens is 2. The van der Waals surface area contributed by atoms with E-state index in [1.165, 1.54) is 0 Å². The highest BCUT2D eigenvalue weighted by Crippen LogP contribution is 2.26. The summed E-state index contributed by atoms with van der Waals surface area (Å²) in [6, 6.07) is 11.6. The van der Waals surface area contributed by atoms with Gasteiger partial charge in [-0.25, -0.2) is 4.98 Å². The number of ether oxygens (including phenoxy) is 1. The van der Waals surface area contributed by atoms with E-state index in [2.05, 4.69) is 15.0 Å². The van der Waals surface area contributed by atoms with Crippen LogP contribution >= 0.6 is 0 Å². The van der Waals surface area contributed by atoms with E-state index in [0.29, 0.717) is 5.39 Å². The summed E-state index contributed by atoms with van der Waals surface area (Å²) in [5, 5.41) is 1.62. The maximum Gasteiger partial charge on any atom is 0.256 e. The van der Waals surface area contributed by atoms with E-state index >= 15 is 0 Å². The largest absolute Gasteiger partial charge is 0.497 e. The molecule has 0 bridgehead atoms. The Hall–Kier alpha value is -3.08. The van der Waals surface area contributed by atoms with Gasteiger partial charge in [0, 0.05) is 16.6 Å². The molecule has 0 saturated heterocycles. The van der Waals surface area contributed by atoms with E-state index in [0.717, 1.165) is 44.8 Å². The number of benzene rings is 2. The van der Waals surface area contributed by atoms with Crippen molar-refractivity contribution in [2.45, 2.75) is 13.8 Å². The van der Waals surface area contributed by atoms with Crippen molar-refractivity contribution in [3.63, 3.8) is 0 Å². The first kappa shape index (κ1) is 14.5. The smallest absolute Gasteiger partial charge is 0.256 e. The number of rotatable bonds is 2. The Morgan fingerprint density at radius 1 is 1.00 bits per heavy atom. The van der Waals surface area contributed by atoms with Crippen molar-refractivity contribution in [2.75, 3.05) is 7.11 Å². The minimum Gasteiger partial charge on any atom is -0.497 e. The van der Waals surface area contributed by atoms with Crippen LogP contribution < -0.4 is 10.3 Å². The van der Waals surface area contributed by atoms with Gasteiger partial charge in [-0.15, -0.1) is 0 Å². The van der Waals surface area contributed by atoms with E-state index in [1.54, 1.807) is 7.11 Å². The minimum atomic E-state index is -0.0796. The van der Waals surface area contributed by atoms with Crippen LogP contribution in [0.1, 0.15) is 11.3 Å². The second-order valence-electron chi connectivity index (χ2n) is 5.93. The SMILES string of the molecule is COc1ccc(-c2nc3cc4c(=O)[nH]c(C)c(C)c4cc3[nH]2)cc1. The zero-order valence-corrected chi connectivity index (χ0v) is 13.7. The molecule has 0 fully saturated rings. The average molecular weight is 319 g/mol. The predicted molar refractivity (Wildman–Crippen MR) is 95.7 cm³/mol. The number of nitrogens with zero attached hydrogens (tertiary/aromatic N) is 1. The van der Waals surface area contributed by atoms with Gasteiger partial charge in [-0.2, -0.15) is 0 Å². The van der Waals surface area contributed by atoms with Crippen LogP contribution in [0, 0.1) is 13.8 Å². The molecule has 0 aliphatic rings. The lowest BCUT2D eigenvalue weighted by atomic mass is 10.1. The van der Waals surface area contributed by atoms with Crippen LogP contribution in [0.3, 0.4) is 0 Å². The Balaban J connectivity index is 1.94. The summed E-state index contributed by atoms with van der Waals surface area (Å²) in [5.41, 5.74) is 4.55. The third kappa shape index (κ3) is 2.17.